The van der Waals surface area contributed by atoms with Gasteiger partial charge < -0.3 is 24.3 Å². The van der Waals surface area contributed by atoms with Crippen molar-refractivity contribution in [1.82, 2.24) is 4.90 Å². The molecular formula is C40H53NO7. The zero-order valence-electron chi connectivity index (χ0n) is 29.6. The lowest BCUT2D eigenvalue weighted by atomic mass is 9.64. The molecule has 4 aliphatic carbocycles. The van der Waals surface area contributed by atoms with Crippen LogP contribution in [-0.2, 0) is 20.7 Å². The number of fused-ring (bicyclic) bond motifs is 10. The lowest BCUT2D eigenvalue weighted by Crippen LogP contribution is -2.60. The first-order valence-corrected chi connectivity index (χ1v) is 17.9. The Morgan fingerprint density at radius 3 is 2.46 bits per heavy atom. The van der Waals surface area contributed by atoms with Crippen LogP contribution in [0.1, 0.15) is 132 Å². The first-order valence-electron chi connectivity index (χ1n) is 17.9. The van der Waals surface area contributed by atoms with Gasteiger partial charge in [0.15, 0.2) is 11.4 Å². The molecule has 1 aromatic heterocycles. The summed E-state index contributed by atoms with van der Waals surface area (Å²) < 4.78 is 11.6. The predicted octanol–water partition coefficient (Wildman–Crippen LogP) is 6.91. The van der Waals surface area contributed by atoms with Gasteiger partial charge >= 0.3 is 5.97 Å². The smallest absolute Gasteiger partial charge is 0.313 e. The Morgan fingerprint density at radius 1 is 1.04 bits per heavy atom. The molecule has 6 atom stereocenters. The lowest BCUT2D eigenvalue weighted by Gasteiger charge is -2.47. The maximum absolute atomic E-state index is 14.7. The molecule has 2 aromatic rings. The Hall–Kier alpha value is -3.23. The van der Waals surface area contributed by atoms with Crippen molar-refractivity contribution >= 4 is 17.7 Å². The van der Waals surface area contributed by atoms with Gasteiger partial charge in [-0.1, -0.05) is 51.5 Å². The lowest BCUT2D eigenvalue weighted by molar-refractivity contribution is -0.177. The fourth-order valence-electron chi connectivity index (χ4n) is 9.55. The summed E-state index contributed by atoms with van der Waals surface area (Å²) in [4.78, 5) is 43.6. The molecule has 2 saturated carbocycles. The summed E-state index contributed by atoms with van der Waals surface area (Å²) >= 11 is 0. The van der Waals surface area contributed by atoms with Crippen molar-refractivity contribution in [1.29, 1.82) is 0 Å². The van der Waals surface area contributed by atoms with Gasteiger partial charge in [-0.2, -0.15) is 0 Å². The molecule has 8 heteroatoms. The van der Waals surface area contributed by atoms with Crippen molar-refractivity contribution < 1.29 is 33.8 Å². The van der Waals surface area contributed by atoms with Gasteiger partial charge in [0.1, 0.15) is 0 Å². The molecule has 1 aliphatic heterocycles. The Labute approximate surface area is 284 Å². The van der Waals surface area contributed by atoms with Crippen LogP contribution in [0.2, 0.25) is 0 Å². The molecule has 0 spiro atoms. The molecule has 4 bridgehead atoms. The summed E-state index contributed by atoms with van der Waals surface area (Å²) in [7, 11) is 0. The maximum atomic E-state index is 14.7. The van der Waals surface area contributed by atoms with Crippen LogP contribution in [0, 0.1) is 16.2 Å². The quantitative estimate of drug-likeness (QED) is 0.189. The number of hydrogen-bond acceptors (Lipinski definition) is 7. The highest BCUT2D eigenvalue weighted by molar-refractivity contribution is 6.08. The zero-order chi connectivity index (χ0) is 34.7. The SMILES string of the molecule is CCCN(CC1(O)CCC2c3ccc(cc3C(=O)c3ccco3)CC(O)CCC(C)=CCCC21C)C(=O)C12CCC(C)(C(=O)O1)C2(C)C. The molecule has 3 fully saturated rings. The number of aliphatic hydroxyl groups excluding tert-OH is 1. The highest BCUT2D eigenvalue weighted by atomic mass is 16.6. The number of ketones is 1. The summed E-state index contributed by atoms with van der Waals surface area (Å²) in [5.74, 6) is -0.673. The Morgan fingerprint density at radius 2 is 1.81 bits per heavy atom. The third kappa shape index (κ3) is 5.20. The number of furan rings is 1. The van der Waals surface area contributed by atoms with Gasteiger partial charge in [-0.05, 0) is 113 Å². The van der Waals surface area contributed by atoms with Gasteiger partial charge in [0.05, 0.1) is 29.9 Å². The van der Waals surface area contributed by atoms with E-state index in [0.29, 0.717) is 69.9 Å². The predicted molar refractivity (Wildman–Crippen MR) is 182 cm³/mol. The average molecular weight is 660 g/mol. The molecule has 2 heterocycles. The molecule has 2 N–H and O–H groups in total. The van der Waals surface area contributed by atoms with Crippen molar-refractivity contribution in [3.8, 4) is 0 Å². The second-order valence-corrected chi connectivity index (χ2v) is 16.2. The number of allylic oxidation sites excluding steroid dienone is 2. The zero-order valence-corrected chi connectivity index (χ0v) is 29.6. The van der Waals surface area contributed by atoms with E-state index in [1.807, 2.05) is 45.9 Å². The number of esters is 1. The number of aliphatic hydroxyl groups is 2. The Kier molecular flexibility index (Phi) is 8.85. The fourth-order valence-corrected chi connectivity index (χ4v) is 9.55. The topological polar surface area (TPSA) is 117 Å². The van der Waals surface area contributed by atoms with Gasteiger partial charge in [0.25, 0.3) is 5.91 Å². The highest BCUT2D eigenvalue weighted by Gasteiger charge is 2.76. The van der Waals surface area contributed by atoms with E-state index in [1.54, 1.807) is 17.0 Å². The van der Waals surface area contributed by atoms with Gasteiger partial charge in [0.2, 0.25) is 5.78 Å². The van der Waals surface area contributed by atoms with Gasteiger partial charge in [0, 0.05) is 22.9 Å². The van der Waals surface area contributed by atoms with Crippen LogP contribution < -0.4 is 0 Å². The standard InChI is InChI=1S/C40H53NO7/c1-7-21-41(34(44)40-20-19-38(6,35(45)48-40)36(40,3)4)25-39(46)18-16-31-29-15-13-27(24-30(29)33(43)32-11-9-22-47-32)23-28(42)14-12-26(2)10-8-17-37(31,39)5/h9-11,13,15,22,24,28,31,42,46H,7-8,12,14,16-21,23,25H2,1-6H3. The molecular weight excluding hydrogens is 606 g/mol. The molecule has 1 aromatic carbocycles. The van der Waals surface area contributed by atoms with Crippen molar-refractivity contribution in [3.63, 3.8) is 0 Å². The third-order valence-corrected chi connectivity index (χ3v) is 13.3. The van der Waals surface area contributed by atoms with Crippen LogP contribution in [0.5, 0.6) is 0 Å². The monoisotopic (exact) mass is 659 g/mol. The van der Waals surface area contributed by atoms with E-state index in [0.717, 1.165) is 17.5 Å². The molecule has 7 rings (SSSR count). The average Bonchev–Trinajstić information content (AvgIpc) is 3.75. The Bertz CT molecular complexity index is 1610. The minimum absolute atomic E-state index is 0.118. The van der Waals surface area contributed by atoms with E-state index >= 15 is 0 Å². The van der Waals surface area contributed by atoms with Gasteiger partial charge in [-0.15, -0.1) is 0 Å². The van der Waals surface area contributed by atoms with Crippen LogP contribution in [0.4, 0.5) is 0 Å². The fraction of sp³-hybridized carbons (Fsp3) is 0.625. The first kappa shape index (κ1) is 34.6. The van der Waals surface area contributed by atoms with Crippen LogP contribution in [0.15, 0.2) is 52.7 Å². The van der Waals surface area contributed by atoms with Gasteiger partial charge in [-0.25, -0.2) is 0 Å². The van der Waals surface area contributed by atoms with Crippen LogP contribution in [0.25, 0.3) is 0 Å². The number of ether oxygens (including phenoxy) is 1. The molecule has 8 nitrogen and oxygen atoms in total. The van der Waals surface area contributed by atoms with Crippen LogP contribution in [0.3, 0.4) is 0 Å². The molecule has 1 saturated heterocycles. The molecule has 6 unspecified atom stereocenters. The number of carbonyl (C=O) groups is 3. The molecule has 260 valence electrons. The van der Waals surface area contributed by atoms with Crippen LogP contribution >= 0.6 is 0 Å². The van der Waals surface area contributed by atoms with E-state index in [1.165, 1.54) is 11.8 Å². The van der Waals surface area contributed by atoms with E-state index in [9.17, 15) is 24.6 Å². The highest BCUT2D eigenvalue weighted by Crippen LogP contribution is 2.66. The summed E-state index contributed by atoms with van der Waals surface area (Å²) in [5, 5.41) is 23.8. The van der Waals surface area contributed by atoms with Crippen molar-refractivity contribution in [2.45, 2.75) is 129 Å². The number of amides is 1. The minimum Gasteiger partial charge on any atom is -0.461 e. The molecule has 48 heavy (non-hydrogen) atoms. The van der Waals surface area contributed by atoms with E-state index in [-0.39, 0.29) is 35.9 Å². The minimum atomic E-state index is -1.27. The molecule has 1 amide bonds. The number of rotatable bonds is 7. The van der Waals surface area contributed by atoms with Gasteiger partial charge in [-0.3, -0.25) is 14.4 Å². The van der Waals surface area contributed by atoms with E-state index < -0.39 is 33.6 Å². The van der Waals surface area contributed by atoms with E-state index in [2.05, 4.69) is 19.9 Å². The number of hydrogen-bond donors (Lipinski definition) is 2. The second-order valence-electron chi connectivity index (χ2n) is 16.2. The third-order valence-electron chi connectivity index (χ3n) is 13.3. The van der Waals surface area contributed by atoms with Crippen LogP contribution in [-0.4, -0.2) is 63.2 Å². The van der Waals surface area contributed by atoms with Crippen molar-refractivity contribution in [2.24, 2.45) is 16.2 Å². The van der Waals surface area contributed by atoms with E-state index in [4.69, 9.17) is 9.15 Å². The second kappa shape index (κ2) is 12.3. The summed E-state index contributed by atoms with van der Waals surface area (Å²) in [6.45, 7) is 12.6. The number of benzene rings is 1. The van der Waals surface area contributed by atoms with Crippen molar-refractivity contribution in [2.75, 3.05) is 13.1 Å². The summed E-state index contributed by atoms with van der Waals surface area (Å²) in [6, 6.07) is 9.28. The normalized spacial score (nSPS) is 34.3. The molecule has 5 aliphatic rings. The largest absolute Gasteiger partial charge is 0.461 e. The summed E-state index contributed by atoms with van der Waals surface area (Å²) in [5.41, 5.74) is -1.17. The van der Waals surface area contributed by atoms with Crippen molar-refractivity contribution in [3.05, 3.63) is 70.7 Å². The number of nitrogens with zero attached hydrogens (tertiary/aromatic N) is 1. The first-order chi connectivity index (χ1) is 22.6. The molecule has 0 radical (unpaired) electrons. The summed E-state index contributed by atoms with van der Waals surface area (Å²) in [6.07, 6.45) is 9.20. The Balaban J connectivity index is 1.42. The number of carbonyl (C=O) groups excluding carboxylic acids is 3. The maximum Gasteiger partial charge on any atom is 0.313 e.